The topological polar surface area (TPSA) is 48.0 Å². The molecule has 1 heterocycles. The zero-order valence-electron chi connectivity index (χ0n) is 15.3. The van der Waals surface area contributed by atoms with Gasteiger partial charge >= 0.3 is 0 Å². The average Bonchev–Trinajstić information content (AvgIpc) is 2.67. The molecule has 0 aliphatic carbocycles. The SMILES string of the molecule is CCOc1ccc(OCC(=O)N(C)CC2Cc3ccccc3CO2)cc1. The highest BCUT2D eigenvalue weighted by Gasteiger charge is 2.22. The van der Waals surface area contributed by atoms with Crippen LogP contribution in [0.3, 0.4) is 0 Å². The number of carbonyl (C=O) groups excluding carboxylic acids is 1. The first-order valence-corrected chi connectivity index (χ1v) is 8.93. The van der Waals surface area contributed by atoms with Gasteiger partial charge in [-0.25, -0.2) is 0 Å². The minimum atomic E-state index is -0.0682. The van der Waals surface area contributed by atoms with Gasteiger partial charge in [0.25, 0.3) is 5.91 Å². The molecule has 2 aromatic rings. The number of carbonyl (C=O) groups is 1. The van der Waals surface area contributed by atoms with E-state index in [1.54, 1.807) is 24.1 Å². The number of hydrogen-bond acceptors (Lipinski definition) is 4. The molecule has 1 atom stereocenters. The Hall–Kier alpha value is -2.53. The Morgan fingerprint density at radius 1 is 1.08 bits per heavy atom. The molecule has 0 aromatic heterocycles. The van der Waals surface area contributed by atoms with Crippen molar-refractivity contribution >= 4 is 5.91 Å². The summed E-state index contributed by atoms with van der Waals surface area (Å²) >= 11 is 0. The number of ether oxygens (including phenoxy) is 3. The van der Waals surface area contributed by atoms with E-state index < -0.39 is 0 Å². The van der Waals surface area contributed by atoms with Crippen molar-refractivity contribution in [2.24, 2.45) is 0 Å². The molecule has 5 heteroatoms. The van der Waals surface area contributed by atoms with Crippen molar-refractivity contribution in [1.82, 2.24) is 4.90 Å². The van der Waals surface area contributed by atoms with Gasteiger partial charge < -0.3 is 19.1 Å². The summed E-state index contributed by atoms with van der Waals surface area (Å²) in [5.74, 6) is 1.37. The zero-order chi connectivity index (χ0) is 18.4. The molecule has 2 aromatic carbocycles. The number of fused-ring (bicyclic) bond motifs is 1. The monoisotopic (exact) mass is 355 g/mol. The first-order valence-electron chi connectivity index (χ1n) is 8.93. The molecular weight excluding hydrogens is 330 g/mol. The number of amides is 1. The summed E-state index contributed by atoms with van der Waals surface area (Å²) in [5, 5.41) is 0. The molecule has 0 N–H and O–H groups in total. The Kier molecular flexibility index (Phi) is 6.12. The molecule has 5 nitrogen and oxygen atoms in total. The molecule has 0 spiro atoms. The predicted octanol–water partition coefficient (Wildman–Crippen LogP) is 3.06. The van der Waals surface area contributed by atoms with E-state index in [1.165, 1.54) is 11.1 Å². The van der Waals surface area contributed by atoms with E-state index in [9.17, 15) is 4.79 Å². The van der Waals surface area contributed by atoms with E-state index in [2.05, 4.69) is 12.1 Å². The lowest BCUT2D eigenvalue weighted by molar-refractivity contribution is -0.134. The average molecular weight is 355 g/mol. The minimum Gasteiger partial charge on any atom is -0.494 e. The second kappa shape index (κ2) is 8.72. The maximum absolute atomic E-state index is 12.3. The van der Waals surface area contributed by atoms with Crippen LogP contribution in [0.2, 0.25) is 0 Å². The van der Waals surface area contributed by atoms with Crippen molar-refractivity contribution in [3.63, 3.8) is 0 Å². The van der Waals surface area contributed by atoms with Crippen LogP contribution in [0.25, 0.3) is 0 Å². The second-order valence-electron chi connectivity index (χ2n) is 6.37. The van der Waals surface area contributed by atoms with Crippen molar-refractivity contribution in [2.45, 2.75) is 26.1 Å². The fraction of sp³-hybridized carbons (Fsp3) is 0.381. The van der Waals surface area contributed by atoms with Crippen LogP contribution in [0.4, 0.5) is 0 Å². The molecule has 1 unspecified atom stereocenters. The largest absolute Gasteiger partial charge is 0.494 e. The van der Waals surface area contributed by atoms with Crippen LogP contribution in [0.1, 0.15) is 18.1 Å². The van der Waals surface area contributed by atoms with Crippen LogP contribution in [0.5, 0.6) is 11.5 Å². The van der Waals surface area contributed by atoms with E-state index in [-0.39, 0.29) is 18.6 Å². The maximum Gasteiger partial charge on any atom is 0.260 e. The van der Waals surface area contributed by atoms with Crippen LogP contribution in [0.15, 0.2) is 48.5 Å². The van der Waals surface area contributed by atoms with Gasteiger partial charge in [-0.15, -0.1) is 0 Å². The van der Waals surface area contributed by atoms with Gasteiger partial charge in [-0.2, -0.15) is 0 Å². The standard InChI is InChI=1S/C21H25NO4/c1-3-24-18-8-10-19(11-9-18)26-15-21(23)22(2)13-20-12-16-6-4-5-7-17(16)14-25-20/h4-11,20H,3,12-15H2,1-2H3. The summed E-state index contributed by atoms with van der Waals surface area (Å²) in [7, 11) is 1.79. The summed E-state index contributed by atoms with van der Waals surface area (Å²) in [6, 6.07) is 15.6. The third kappa shape index (κ3) is 4.76. The molecule has 3 rings (SSSR count). The molecule has 0 radical (unpaired) electrons. The normalized spacial score (nSPS) is 15.8. The third-order valence-electron chi connectivity index (χ3n) is 4.44. The number of benzene rings is 2. The van der Waals surface area contributed by atoms with Gasteiger partial charge in [0.15, 0.2) is 6.61 Å². The molecule has 0 fully saturated rings. The Morgan fingerprint density at radius 2 is 1.73 bits per heavy atom. The Morgan fingerprint density at radius 3 is 2.42 bits per heavy atom. The molecule has 1 aliphatic heterocycles. The van der Waals surface area contributed by atoms with Gasteiger partial charge in [0.05, 0.1) is 19.3 Å². The Bertz CT molecular complexity index is 729. The van der Waals surface area contributed by atoms with Crippen molar-refractivity contribution in [2.75, 3.05) is 26.8 Å². The van der Waals surface area contributed by atoms with Crippen LogP contribution in [0, 0.1) is 0 Å². The van der Waals surface area contributed by atoms with E-state index in [4.69, 9.17) is 14.2 Å². The summed E-state index contributed by atoms with van der Waals surface area (Å²) in [4.78, 5) is 14.0. The lowest BCUT2D eigenvalue weighted by atomic mass is 9.99. The van der Waals surface area contributed by atoms with Gasteiger partial charge in [-0.05, 0) is 42.3 Å². The van der Waals surface area contributed by atoms with Crippen molar-refractivity contribution < 1.29 is 19.0 Å². The first kappa shape index (κ1) is 18.3. The van der Waals surface area contributed by atoms with Gasteiger partial charge in [-0.3, -0.25) is 4.79 Å². The van der Waals surface area contributed by atoms with Crippen molar-refractivity contribution in [1.29, 1.82) is 0 Å². The van der Waals surface area contributed by atoms with E-state index >= 15 is 0 Å². The van der Waals surface area contributed by atoms with Crippen LogP contribution < -0.4 is 9.47 Å². The summed E-state index contributed by atoms with van der Waals surface area (Å²) in [5.41, 5.74) is 2.53. The second-order valence-corrected chi connectivity index (χ2v) is 6.37. The van der Waals surface area contributed by atoms with Crippen LogP contribution in [-0.2, 0) is 22.6 Å². The van der Waals surface area contributed by atoms with E-state index in [0.717, 1.165) is 12.2 Å². The van der Waals surface area contributed by atoms with Gasteiger partial charge in [0, 0.05) is 20.0 Å². The molecular formula is C21H25NO4. The molecule has 0 saturated carbocycles. The number of likely N-dealkylation sites (N-methyl/N-ethyl adjacent to an activating group) is 1. The smallest absolute Gasteiger partial charge is 0.260 e. The number of hydrogen-bond donors (Lipinski definition) is 0. The first-order chi connectivity index (χ1) is 12.7. The van der Waals surface area contributed by atoms with Gasteiger partial charge in [0.1, 0.15) is 11.5 Å². The quantitative estimate of drug-likeness (QED) is 0.766. The van der Waals surface area contributed by atoms with Crippen molar-refractivity contribution in [3.8, 4) is 11.5 Å². The third-order valence-corrected chi connectivity index (χ3v) is 4.44. The predicted molar refractivity (Wildman–Crippen MR) is 99.5 cm³/mol. The summed E-state index contributed by atoms with van der Waals surface area (Å²) in [6.07, 6.45) is 0.845. The summed E-state index contributed by atoms with van der Waals surface area (Å²) < 4.78 is 16.8. The highest BCUT2D eigenvalue weighted by Crippen LogP contribution is 2.21. The van der Waals surface area contributed by atoms with Gasteiger partial charge in [0.2, 0.25) is 0 Å². The highest BCUT2D eigenvalue weighted by molar-refractivity contribution is 5.77. The summed E-state index contributed by atoms with van der Waals surface area (Å²) in [6.45, 7) is 3.73. The zero-order valence-corrected chi connectivity index (χ0v) is 15.3. The molecule has 26 heavy (non-hydrogen) atoms. The molecule has 1 aliphatic rings. The molecule has 0 bridgehead atoms. The fourth-order valence-corrected chi connectivity index (χ4v) is 2.99. The lowest BCUT2D eigenvalue weighted by Gasteiger charge is -2.29. The molecule has 138 valence electrons. The molecule has 0 saturated heterocycles. The Balaban J connectivity index is 1.46. The Labute approximate surface area is 154 Å². The van der Waals surface area contributed by atoms with Gasteiger partial charge in [-0.1, -0.05) is 24.3 Å². The molecule has 1 amide bonds. The maximum atomic E-state index is 12.3. The van der Waals surface area contributed by atoms with E-state index in [0.29, 0.717) is 25.5 Å². The fourth-order valence-electron chi connectivity index (χ4n) is 2.99. The van der Waals surface area contributed by atoms with E-state index in [1.807, 2.05) is 31.2 Å². The number of rotatable bonds is 7. The van der Waals surface area contributed by atoms with Crippen LogP contribution >= 0.6 is 0 Å². The lowest BCUT2D eigenvalue weighted by Crippen LogP contribution is -2.40. The minimum absolute atomic E-state index is 0.00773. The van der Waals surface area contributed by atoms with Crippen molar-refractivity contribution in [3.05, 3.63) is 59.7 Å². The number of nitrogens with zero attached hydrogens (tertiary/aromatic N) is 1. The van der Waals surface area contributed by atoms with Crippen LogP contribution in [-0.4, -0.2) is 43.7 Å². The highest BCUT2D eigenvalue weighted by atomic mass is 16.5.